The van der Waals surface area contributed by atoms with Crippen molar-refractivity contribution in [1.29, 1.82) is 0 Å². The van der Waals surface area contributed by atoms with Crippen LogP contribution in [-0.2, 0) is 22.8 Å². The smallest absolute Gasteiger partial charge is 0.502 e. The second kappa shape index (κ2) is 11.4. The van der Waals surface area contributed by atoms with Crippen molar-refractivity contribution in [3.8, 4) is 0 Å². The fourth-order valence-electron chi connectivity index (χ4n) is 2.06. The molecule has 0 saturated carbocycles. The minimum Gasteiger partial charge on any atom is -0.502 e. The third-order valence-corrected chi connectivity index (χ3v) is 6.25. The molecule has 128 valence electrons. The lowest BCUT2D eigenvalue weighted by molar-refractivity contribution is -0.132. The Morgan fingerprint density at radius 3 is 2.09 bits per heavy atom. The van der Waals surface area contributed by atoms with Gasteiger partial charge in [-0.1, -0.05) is 13.3 Å². The third-order valence-electron chi connectivity index (χ3n) is 3.27. The normalized spacial score (nSPS) is 15.3. The van der Waals surface area contributed by atoms with Crippen LogP contribution >= 0.6 is 0 Å². The Bertz CT molecular complexity index is 371. The van der Waals surface area contributed by atoms with E-state index in [0.717, 1.165) is 13.0 Å². The quantitative estimate of drug-likeness (QED) is 0.571. The number of allylic oxidation sites excluding steroid dienone is 2. The molecule has 0 amide bonds. The lowest BCUT2D eigenvalue weighted by atomic mass is 10.2. The highest BCUT2D eigenvalue weighted by Crippen LogP contribution is 2.25. The van der Waals surface area contributed by atoms with Crippen LogP contribution in [0.3, 0.4) is 0 Å². The van der Waals surface area contributed by atoms with E-state index in [1.165, 1.54) is 34.2 Å². The van der Waals surface area contributed by atoms with Crippen molar-refractivity contribution in [2.75, 3.05) is 27.9 Å². The van der Waals surface area contributed by atoms with E-state index in [9.17, 15) is 4.79 Å². The molecule has 0 aliphatic carbocycles. The van der Waals surface area contributed by atoms with Crippen LogP contribution in [-0.4, -0.2) is 47.8 Å². The van der Waals surface area contributed by atoms with Gasteiger partial charge in [-0.15, -0.1) is 0 Å². The van der Waals surface area contributed by atoms with Crippen molar-refractivity contribution in [1.82, 2.24) is 0 Å². The zero-order valence-electron chi connectivity index (χ0n) is 14.2. The highest BCUT2D eigenvalue weighted by Gasteiger charge is 2.44. The lowest BCUT2D eigenvalue weighted by Gasteiger charge is -2.27. The molecule has 0 unspecified atom stereocenters. The van der Waals surface area contributed by atoms with E-state index in [1.54, 1.807) is 13.2 Å². The van der Waals surface area contributed by atoms with Crippen molar-refractivity contribution >= 4 is 14.8 Å². The number of hydrogen-bond donors (Lipinski definition) is 1. The van der Waals surface area contributed by atoms with Gasteiger partial charge in [-0.25, -0.2) is 4.79 Å². The Morgan fingerprint density at radius 1 is 1.27 bits per heavy atom. The summed E-state index contributed by atoms with van der Waals surface area (Å²) in [6, 6.07) is 0. The molecule has 6 nitrogen and oxygen atoms in total. The molecule has 0 aromatic carbocycles. The molecule has 22 heavy (non-hydrogen) atoms. The lowest BCUT2D eigenvalue weighted by Crippen LogP contribution is -2.46. The fraction of sp³-hybridized carbons (Fsp3) is 0.667. The summed E-state index contributed by atoms with van der Waals surface area (Å²) in [5.74, 6) is -0.966. The van der Waals surface area contributed by atoms with Crippen LogP contribution in [0.1, 0.15) is 39.5 Å². The van der Waals surface area contributed by atoms with Gasteiger partial charge >= 0.3 is 14.8 Å². The van der Waals surface area contributed by atoms with E-state index >= 15 is 0 Å². The second-order valence-corrected chi connectivity index (χ2v) is 7.65. The molecule has 0 aromatic rings. The summed E-state index contributed by atoms with van der Waals surface area (Å²) in [5.41, 5.74) is 0.249. The molecule has 0 fully saturated rings. The maximum Gasteiger partial charge on any atom is 0.532 e. The van der Waals surface area contributed by atoms with Gasteiger partial charge in [0.1, 0.15) is 0 Å². The number of hydrogen-bond acceptors (Lipinski definition) is 5. The van der Waals surface area contributed by atoms with Crippen molar-refractivity contribution < 1.29 is 27.9 Å². The monoisotopic (exact) mass is 332 g/mol. The summed E-state index contributed by atoms with van der Waals surface area (Å²) in [4.78, 5) is 11.0. The molecule has 1 heterocycles. The summed E-state index contributed by atoms with van der Waals surface area (Å²) in [7, 11) is 1.43. The van der Waals surface area contributed by atoms with Crippen LogP contribution in [0.5, 0.6) is 0 Å². The van der Waals surface area contributed by atoms with Crippen molar-refractivity contribution in [2.45, 2.75) is 39.5 Å². The van der Waals surface area contributed by atoms with Crippen LogP contribution in [0, 0.1) is 0 Å². The van der Waals surface area contributed by atoms with Crippen LogP contribution in [0.25, 0.3) is 0 Å². The van der Waals surface area contributed by atoms with Crippen molar-refractivity contribution in [2.24, 2.45) is 0 Å². The SMILES string of the molecule is C1=COCCC1.CCC/C(=C(/C)C(=O)O)[Si](OC)(OC)OC. The molecular formula is C15H28O6Si. The highest BCUT2D eigenvalue weighted by atomic mass is 28.4. The van der Waals surface area contributed by atoms with E-state index in [0.29, 0.717) is 11.6 Å². The van der Waals surface area contributed by atoms with E-state index in [1.807, 2.05) is 13.0 Å². The predicted molar refractivity (Wildman–Crippen MR) is 86.4 cm³/mol. The fourth-order valence-corrected chi connectivity index (χ4v) is 4.42. The average Bonchev–Trinajstić information content (AvgIpc) is 2.57. The molecule has 0 spiro atoms. The number of aliphatic carboxylic acids is 1. The van der Waals surface area contributed by atoms with Crippen LogP contribution < -0.4 is 0 Å². The minimum absolute atomic E-state index is 0.249. The Labute approximate surface area is 134 Å². The summed E-state index contributed by atoms with van der Waals surface area (Å²) in [6.07, 6.45) is 7.61. The first-order chi connectivity index (χ1) is 10.5. The Morgan fingerprint density at radius 2 is 1.86 bits per heavy atom. The van der Waals surface area contributed by atoms with Gasteiger partial charge in [-0.2, -0.15) is 0 Å². The van der Waals surface area contributed by atoms with Gasteiger partial charge in [-0.3, -0.25) is 0 Å². The molecule has 0 aromatic heterocycles. The molecule has 1 aliphatic rings. The largest absolute Gasteiger partial charge is 0.532 e. The average molecular weight is 332 g/mol. The van der Waals surface area contributed by atoms with Gasteiger partial charge in [0.25, 0.3) is 0 Å². The second-order valence-electron chi connectivity index (χ2n) is 4.71. The first kappa shape index (κ1) is 20.8. The maximum atomic E-state index is 11.0. The zero-order chi connectivity index (χ0) is 17.0. The van der Waals surface area contributed by atoms with Gasteiger partial charge in [0, 0.05) is 32.1 Å². The topological polar surface area (TPSA) is 74.2 Å². The Balaban J connectivity index is 0.000000604. The van der Waals surface area contributed by atoms with Crippen LogP contribution in [0.15, 0.2) is 23.1 Å². The van der Waals surface area contributed by atoms with Crippen LogP contribution in [0.4, 0.5) is 0 Å². The standard InChI is InChI=1S/C10H20O5Si.C5H8O/c1-6-7-9(8(2)10(11)12)16(13-3,14-4)15-5;1-2-4-6-5-3-1/h6-7H2,1-5H3,(H,11,12);2,4H,1,3,5H2/b9-8+;. The molecule has 0 radical (unpaired) electrons. The Hall–Kier alpha value is -1.15. The highest BCUT2D eigenvalue weighted by molar-refractivity contribution is 6.69. The molecule has 1 rings (SSSR count). The van der Waals surface area contributed by atoms with Gasteiger partial charge in [-0.05, 0) is 32.3 Å². The van der Waals surface area contributed by atoms with Gasteiger partial charge in [0.15, 0.2) is 0 Å². The molecule has 0 saturated heterocycles. The van der Waals surface area contributed by atoms with Gasteiger partial charge in [0.05, 0.1) is 12.9 Å². The summed E-state index contributed by atoms with van der Waals surface area (Å²) in [5, 5.41) is 9.66. The number of carbonyl (C=O) groups is 1. The summed E-state index contributed by atoms with van der Waals surface area (Å²) >= 11 is 0. The number of carboxylic acids is 1. The molecular weight excluding hydrogens is 304 g/mol. The number of ether oxygens (including phenoxy) is 1. The zero-order valence-corrected chi connectivity index (χ0v) is 15.2. The third kappa shape index (κ3) is 6.31. The molecule has 1 N–H and O–H groups in total. The van der Waals surface area contributed by atoms with E-state index in [2.05, 4.69) is 0 Å². The van der Waals surface area contributed by atoms with E-state index < -0.39 is 14.8 Å². The summed E-state index contributed by atoms with van der Waals surface area (Å²) < 4.78 is 20.8. The number of carboxylic acid groups (broad SMARTS) is 1. The Kier molecular flexibility index (Phi) is 10.8. The van der Waals surface area contributed by atoms with E-state index in [-0.39, 0.29) is 5.57 Å². The first-order valence-electron chi connectivity index (χ1n) is 7.34. The predicted octanol–water partition coefficient (Wildman–Crippen LogP) is 2.92. The van der Waals surface area contributed by atoms with Gasteiger partial charge < -0.3 is 23.1 Å². The van der Waals surface area contributed by atoms with Crippen molar-refractivity contribution in [3.05, 3.63) is 23.1 Å². The number of rotatable bonds is 7. The van der Waals surface area contributed by atoms with Crippen molar-refractivity contribution in [3.63, 3.8) is 0 Å². The van der Waals surface area contributed by atoms with Gasteiger partial charge in [0.2, 0.25) is 0 Å². The van der Waals surface area contributed by atoms with Crippen LogP contribution in [0.2, 0.25) is 0 Å². The molecule has 7 heteroatoms. The molecule has 0 bridgehead atoms. The first-order valence-corrected chi connectivity index (χ1v) is 9.07. The summed E-state index contributed by atoms with van der Waals surface area (Å²) in [6.45, 7) is 4.43. The maximum absolute atomic E-state index is 11.0. The molecule has 1 aliphatic heterocycles. The molecule has 0 atom stereocenters. The minimum atomic E-state index is -2.99. The van der Waals surface area contributed by atoms with E-state index in [4.69, 9.17) is 23.1 Å².